The standard InChI is InChI=1S/C14H22N4/c1-9-12(15)17-14(11-6-7-11)18-13(9)16-8-10-4-2-3-5-10/h10-11H,2-8H2,1H3,(H3,15,16,17,18). The van der Waals surface area contributed by atoms with E-state index in [0.717, 1.165) is 29.7 Å². The molecule has 2 aliphatic rings. The number of rotatable bonds is 4. The van der Waals surface area contributed by atoms with E-state index in [4.69, 9.17) is 5.73 Å². The molecule has 3 N–H and O–H groups in total. The molecule has 0 saturated heterocycles. The van der Waals surface area contributed by atoms with Crippen molar-refractivity contribution in [2.45, 2.75) is 51.4 Å². The van der Waals surface area contributed by atoms with E-state index in [0.29, 0.717) is 11.7 Å². The van der Waals surface area contributed by atoms with Crippen molar-refractivity contribution in [3.63, 3.8) is 0 Å². The first kappa shape index (κ1) is 11.8. The van der Waals surface area contributed by atoms with Gasteiger partial charge in [-0.3, -0.25) is 0 Å². The second kappa shape index (κ2) is 4.75. The number of aromatic nitrogens is 2. The van der Waals surface area contributed by atoms with Gasteiger partial charge in [0.2, 0.25) is 0 Å². The Balaban J connectivity index is 1.72. The second-order valence-electron chi connectivity index (χ2n) is 5.75. The van der Waals surface area contributed by atoms with Crippen LogP contribution in [-0.4, -0.2) is 16.5 Å². The predicted octanol–water partition coefficient (Wildman–Crippen LogP) is 2.85. The summed E-state index contributed by atoms with van der Waals surface area (Å²) in [5.41, 5.74) is 6.98. The van der Waals surface area contributed by atoms with Gasteiger partial charge in [0.1, 0.15) is 17.5 Å². The van der Waals surface area contributed by atoms with Crippen LogP contribution in [0.15, 0.2) is 0 Å². The smallest absolute Gasteiger partial charge is 0.136 e. The molecule has 4 heteroatoms. The van der Waals surface area contributed by atoms with E-state index in [-0.39, 0.29) is 0 Å². The van der Waals surface area contributed by atoms with Crippen LogP contribution < -0.4 is 11.1 Å². The fourth-order valence-corrected chi connectivity index (χ4v) is 2.70. The molecule has 4 nitrogen and oxygen atoms in total. The molecule has 0 spiro atoms. The molecule has 18 heavy (non-hydrogen) atoms. The van der Waals surface area contributed by atoms with Crippen LogP contribution in [0.3, 0.4) is 0 Å². The normalized spacial score (nSPS) is 20.3. The molecular formula is C14H22N4. The highest BCUT2D eigenvalue weighted by atomic mass is 15.1. The molecule has 98 valence electrons. The quantitative estimate of drug-likeness (QED) is 0.857. The van der Waals surface area contributed by atoms with Crippen LogP contribution in [0, 0.1) is 12.8 Å². The van der Waals surface area contributed by atoms with Gasteiger partial charge in [0.25, 0.3) is 0 Å². The minimum Gasteiger partial charge on any atom is -0.383 e. The van der Waals surface area contributed by atoms with Crippen LogP contribution in [0.4, 0.5) is 11.6 Å². The van der Waals surface area contributed by atoms with Gasteiger partial charge in [-0.05, 0) is 38.5 Å². The second-order valence-corrected chi connectivity index (χ2v) is 5.75. The molecule has 1 heterocycles. The lowest BCUT2D eigenvalue weighted by molar-refractivity contribution is 0.578. The molecule has 0 unspecified atom stereocenters. The van der Waals surface area contributed by atoms with Crippen molar-refractivity contribution in [2.75, 3.05) is 17.6 Å². The van der Waals surface area contributed by atoms with E-state index in [2.05, 4.69) is 15.3 Å². The fraction of sp³-hybridized carbons (Fsp3) is 0.714. The zero-order chi connectivity index (χ0) is 12.5. The summed E-state index contributed by atoms with van der Waals surface area (Å²) in [6, 6.07) is 0. The lowest BCUT2D eigenvalue weighted by atomic mass is 10.1. The lowest BCUT2D eigenvalue weighted by Gasteiger charge is -2.14. The largest absolute Gasteiger partial charge is 0.383 e. The van der Waals surface area contributed by atoms with Crippen molar-refractivity contribution >= 4 is 11.6 Å². The topological polar surface area (TPSA) is 63.8 Å². The van der Waals surface area contributed by atoms with Crippen LogP contribution in [0.25, 0.3) is 0 Å². The Kier molecular flexibility index (Phi) is 3.10. The van der Waals surface area contributed by atoms with Gasteiger partial charge in [-0.1, -0.05) is 12.8 Å². The van der Waals surface area contributed by atoms with Gasteiger partial charge in [-0.2, -0.15) is 0 Å². The summed E-state index contributed by atoms with van der Waals surface area (Å²) in [6.07, 6.45) is 7.88. The van der Waals surface area contributed by atoms with Gasteiger partial charge in [-0.25, -0.2) is 9.97 Å². The molecule has 2 saturated carbocycles. The van der Waals surface area contributed by atoms with Gasteiger partial charge in [0.15, 0.2) is 0 Å². The number of anilines is 2. The van der Waals surface area contributed by atoms with Crippen LogP contribution in [0.1, 0.15) is 55.8 Å². The highest BCUT2D eigenvalue weighted by molar-refractivity contribution is 5.55. The van der Waals surface area contributed by atoms with Gasteiger partial charge in [0, 0.05) is 18.0 Å². The fourth-order valence-electron chi connectivity index (χ4n) is 2.70. The first-order valence-electron chi connectivity index (χ1n) is 7.12. The zero-order valence-electron chi connectivity index (χ0n) is 11.1. The Morgan fingerprint density at radius 3 is 2.56 bits per heavy atom. The van der Waals surface area contributed by atoms with E-state index in [1.54, 1.807) is 0 Å². The van der Waals surface area contributed by atoms with E-state index in [9.17, 15) is 0 Å². The number of hydrogen-bond acceptors (Lipinski definition) is 4. The van der Waals surface area contributed by atoms with Gasteiger partial charge < -0.3 is 11.1 Å². The molecule has 3 rings (SSSR count). The average molecular weight is 246 g/mol. The zero-order valence-corrected chi connectivity index (χ0v) is 11.1. The number of nitrogens with one attached hydrogen (secondary N) is 1. The molecule has 2 aliphatic carbocycles. The van der Waals surface area contributed by atoms with E-state index in [1.165, 1.54) is 38.5 Å². The molecule has 0 aliphatic heterocycles. The summed E-state index contributed by atoms with van der Waals surface area (Å²) in [7, 11) is 0. The SMILES string of the molecule is Cc1c(N)nc(C2CC2)nc1NCC1CCCC1. The Hall–Kier alpha value is -1.32. The maximum atomic E-state index is 5.98. The summed E-state index contributed by atoms with van der Waals surface area (Å²) >= 11 is 0. The van der Waals surface area contributed by atoms with Crippen molar-refractivity contribution in [1.82, 2.24) is 9.97 Å². The molecule has 0 radical (unpaired) electrons. The monoisotopic (exact) mass is 246 g/mol. The van der Waals surface area contributed by atoms with Gasteiger partial charge in [0.05, 0.1) is 0 Å². The van der Waals surface area contributed by atoms with Crippen LogP contribution in [-0.2, 0) is 0 Å². The molecule has 0 amide bonds. The molecule has 0 bridgehead atoms. The molecule has 0 aromatic carbocycles. The van der Waals surface area contributed by atoms with Crippen molar-refractivity contribution in [3.05, 3.63) is 11.4 Å². The number of nitrogens with zero attached hydrogens (tertiary/aromatic N) is 2. The summed E-state index contributed by atoms with van der Waals surface area (Å²) < 4.78 is 0. The first-order valence-corrected chi connectivity index (χ1v) is 7.12. The van der Waals surface area contributed by atoms with Gasteiger partial charge >= 0.3 is 0 Å². The third-order valence-corrected chi connectivity index (χ3v) is 4.18. The van der Waals surface area contributed by atoms with Crippen molar-refractivity contribution in [2.24, 2.45) is 5.92 Å². The molecule has 1 aromatic heterocycles. The third-order valence-electron chi connectivity index (χ3n) is 4.18. The van der Waals surface area contributed by atoms with Crippen molar-refractivity contribution in [1.29, 1.82) is 0 Å². The summed E-state index contributed by atoms with van der Waals surface area (Å²) in [5, 5.41) is 3.49. The molecule has 0 atom stereocenters. The minimum atomic E-state index is 0.555. The molecule has 2 fully saturated rings. The number of nitrogen functional groups attached to an aromatic ring is 1. The Bertz CT molecular complexity index is 434. The summed E-state index contributed by atoms with van der Waals surface area (Å²) in [5.74, 6) is 3.90. The number of hydrogen-bond donors (Lipinski definition) is 2. The van der Waals surface area contributed by atoms with E-state index >= 15 is 0 Å². The summed E-state index contributed by atoms with van der Waals surface area (Å²) in [6.45, 7) is 3.03. The number of nitrogens with two attached hydrogens (primary N) is 1. The minimum absolute atomic E-state index is 0.555. The lowest BCUT2D eigenvalue weighted by Crippen LogP contribution is -2.15. The van der Waals surface area contributed by atoms with Crippen LogP contribution in [0.5, 0.6) is 0 Å². The van der Waals surface area contributed by atoms with Crippen molar-refractivity contribution in [3.8, 4) is 0 Å². The van der Waals surface area contributed by atoms with Gasteiger partial charge in [-0.15, -0.1) is 0 Å². The Morgan fingerprint density at radius 1 is 1.17 bits per heavy atom. The van der Waals surface area contributed by atoms with E-state index < -0.39 is 0 Å². The maximum absolute atomic E-state index is 5.98. The van der Waals surface area contributed by atoms with Crippen LogP contribution in [0.2, 0.25) is 0 Å². The molecule has 1 aromatic rings. The average Bonchev–Trinajstić information content (AvgIpc) is 3.08. The Morgan fingerprint density at radius 2 is 1.89 bits per heavy atom. The van der Waals surface area contributed by atoms with Crippen molar-refractivity contribution < 1.29 is 0 Å². The highest BCUT2D eigenvalue weighted by Gasteiger charge is 2.28. The van der Waals surface area contributed by atoms with E-state index in [1.807, 2.05) is 6.92 Å². The first-order chi connectivity index (χ1) is 8.74. The van der Waals surface area contributed by atoms with Crippen LogP contribution >= 0.6 is 0 Å². The summed E-state index contributed by atoms with van der Waals surface area (Å²) in [4.78, 5) is 9.06. The molecular weight excluding hydrogens is 224 g/mol. The third kappa shape index (κ3) is 2.42. The Labute approximate surface area is 108 Å². The predicted molar refractivity (Wildman–Crippen MR) is 73.6 cm³/mol. The highest BCUT2D eigenvalue weighted by Crippen LogP contribution is 2.39. The maximum Gasteiger partial charge on any atom is 0.136 e.